The summed E-state index contributed by atoms with van der Waals surface area (Å²) in [5.74, 6) is 3.08. The first-order chi connectivity index (χ1) is 17.4. The Morgan fingerprint density at radius 1 is 0.944 bits per heavy atom. The van der Waals surface area contributed by atoms with Crippen molar-refractivity contribution in [2.24, 2.45) is 5.92 Å². The number of carbonyl (C=O) groups excluding carboxylic acids is 2. The minimum absolute atomic E-state index is 0.0202. The van der Waals surface area contributed by atoms with Gasteiger partial charge in [0.05, 0.1) is 13.0 Å². The fourth-order valence-electron chi connectivity index (χ4n) is 5.21. The van der Waals surface area contributed by atoms with E-state index in [1.165, 1.54) is 0 Å². The second kappa shape index (κ2) is 10.3. The maximum Gasteiger partial charge on any atom is 0.228 e. The lowest BCUT2D eigenvalue weighted by atomic mass is 10.1. The van der Waals surface area contributed by atoms with Gasteiger partial charge in [-0.1, -0.05) is 6.07 Å². The molecule has 0 N–H and O–H groups in total. The number of amides is 2. The molecule has 3 saturated heterocycles. The van der Waals surface area contributed by atoms with Crippen LogP contribution in [0, 0.1) is 12.8 Å². The number of methoxy groups -OCH3 is 1. The van der Waals surface area contributed by atoms with Crippen molar-refractivity contribution in [2.45, 2.75) is 13.3 Å². The molecule has 1 atom stereocenters. The molecule has 3 aliphatic rings. The highest BCUT2D eigenvalue weighted by atomic mass is 16.5. The molecule has 1 unspecified atom stereocenters. The minimum atomic E-state index is -0.319. The van der Waals surface area contributed by atoms with Gasteiger partial charge in [0.2, 0.25) is 11.8 Å². The molecule has 0 saturated carbocycles. The quantitative estimate of drug-likeness (QED) is 0.615. The van der Waals surface area contributed by atoms with Gasteiger partial charge in [-0.05, 0) is 26.1 Å². The van der Waals surface area contributed by atoms with Crippen molar-refractivity contribution in [3.63, 3.8) is 0 Å². The topological polar surface area (TPSA) is 85.3 Å². The van der Waals surface area contributed by atoms with Crippen LogP contribution in [0.25, 0.3) is 0 Å². The molecule has 36 heavy (non-hydrogen) atoms. The van der Waals surface area contributed by atoms with E-state index in [0.717, 1.165) is 49.3 Å². The lowest BCUT2D eigenvalue weighted by Crippen LogP contribution is -2.51. The lowest BCUT2D eigenvalue weighted by Gasteiger charge is -2.37. The number of carbonyl (C=O) groups is 2. The zero-order valence-corrected chi connectivity index (χ0v) is 21.4. The number of aryl methyl sites for hydroxylation is 1. The van der Waals surface area contributed by atoms with Gasteiger partial charge in [0.1, 0.15) is 23.2 Å². The van der Waals surface area contributed by atoms with Crippen LogP contribution in [0.3, 0.4) is 0 Å². The molecule has 2 aromatic rings. The summed E-state index contributed by atoms with van der Waals surface area (Å²) >= 11 is 0. The first kappa shape index (κ1) is 24.3. The number of aromatic nitrogens is 2. The number of likely N-dealkylation sites (N-methyl/N-ethyl adjacent to an activating group) is 1. The van der Waals surface area contributed by atoms with Crippen molar-refractivity contribution in [2.75, 3.05) is 87.8 Å². The van der Waals surface area contributed by atoms with Gasteiger partial charge in [0, 0.05) is 83.1 Å². The second-order valence-corrected chi connectivity index (χ2v) is 9.84. The van der Waals surface area contributed by atoms with E-state index in [1.807, 2.05) is 36.1 Å². The summed E-state index contributed by atoms with van der Waals surface area (Å²) in [4.78, 5) is 45.9. The van der Waals surface area contributed by atoms with Crippen LogP contribution in [-0.4, -0.2) is 105 Å². The van der Waals surface area contributed by atoms with Crippen molar-refractivity contribution in [1.82, 2.24) is 19.8 Å². The number of hydrogen-bond acceptors (Lipinski definition) is 8. The predicted octanol–water partition coefficient (Wildman–Crippen LogP) is 1.25. The highest BCUT2D eigenvalue weighted by molar-refractivity contribution is 6.00. The summed E-state index contributed by atoms with van der Waals surface area (Å²) < 4.78 is 5.29. The number of anilines is 3. The molecule has 0 radical (unpaired) electrons. The van der Waals surface area contributed by atoms with Gasteiger partial charge in [-0.25, -0.2) is 9.97 Å². The molecule has 4 heterocycles. The first-order valence-electron chi connectivity index (χ1n) is 12.7. The second-order valence-electron chi connectivity index (χ2n) is 9.84. The Kier molecular flexibility index (Phi) is 6.95. The Morgan fingerprint density at radius 2 is 1.58 bits per heavy atom. The molecule has 3 fully saturated rings. The zero-order valence-electron chi connectivity index (χ0n) is 21.4. The Hall–Kier alpha value is -3.40. The fourth-order valence-corrected chi connectivity index (χ4v) is 5.21. The average Bonchev–Trinajstić information content (AvgIpc) is 3.30. The molecule has 192 valence electrons. The first-order valence-corrected chi connectivity index (χ1v) is 12.7. The van der Waals surface area contributed by atoms with E-state index < -0.39 is 0 Å². The van der Waals surface area contributed by atoms with Crippen molar-refractivity contribution in [3.8, 4) is 5.75 Å². The van der Waals surface area contributed by atoms with Crippen LogP contribution in [-0.2, 0) is 9.59 Å². The third kappa shape index (κ3) is 5.09. The summed E-state index contributed by atoms with van der Waals surface area (Å²) in [7, 11) is 3.75. The molecule has 5 rings (SSSR count). The van der Waals surface area contributed by atoms with Gasteiger partial charge in [0.15, 0.2) is 0 Å². The highest BCUT2D eigenvalue weighted by Gasteiger charge is 2.38. The molecule has 0 aliphatic carbocycles. The van der Waals surface area contributed by atoms with Crippen LogP contribution in [0.1, 0.15) is 12.2 Å². The molecule has 1 aromatic heterocycles. The normalized spacial score (nSPS) is 21.3. The van der Waals surface area contributed by atoms with Crippen LogP contribution < -0.4 is 19.4 Å². The van der Waals surface area contributed by atoms with E-state index in [0.29, 0.717) is 38.5 Å². The molecule has 10 nitrogen and oxygen atoms in total. The Balaban J connectivity index is 1.20. The summed E-state index contributed by atoms with van der Waals surface area (Å²) in [5, 5.41) is 0. The van der Waals surface area contributed by atoms with Gasteiger partial charge in [-0.3, -0.25) is 9.59 Å². The molecule has 1 aromatic carbocycles. The van der Waals surface area contributed by atoms with Crippen molar-refractivity contribution in [3.05, 3.63) is 36.2 Å². The number of rotatable bonds is 5. The number of ether oxygens (including phenoxy) is 1. The Labute approximate surface area is 212 Å². The Bertz CT molecular complexity index is 1110. The number of piperazine rings is 2. The molecule has 0 spiro atoms. The van der Waals surface area contributed by atoms with Crippen LogP contribution in [0.5, 0.6) is 5.75 Å². The minimum Gasteiger partial charge on any atom is -0.497 e. The average molecular weight is 494 g/mol. The van der Waals surface area contributed by atoms with Gasteiger partial charge in [-0.2, -0.15) is 0 Å². The van der Waals surface area contributed by atoms with E-state index in [2.05, 4.69) is 32.8 Å². The molecule has 0 bridgehead atoms. The van der Waals surface area contributed by atoms with Crippen LogP contribution in [0.15, 0.2) is 30.3 Å². The van der Waals surface area contributed by atoms with Crippen molar-refractivity contribution < 1.29 is 14.3 Å². The molecular weight excluding hydrogens is 458 g/mol. The number of benzene rings is 1. The van der Waals surface area contributed by atoms with Gasteiger partial charge in [0.25, 0.3) is 0 Å². The fraction of sp³-hybridized carbons (Fsp3) is 0.538. The summed E-state index contributed by atoms with van der Waals surface area (Å²) in [5.41, 5.74) is 0.773. The summed E-state index contributed by atoms with van der Waals surface area (Å²) in [6.07, 6.45) is 0.246. The number of hydrogen-bond donors (Lipinski definition) is 0. The van der Waals surface area contributed by atoms with E-state index in [-0.39, 0.29) is 24.2 Å². The summed E-state index contributed by atoms with van der Waals surface area (Å²) in [6.45, 7) is 8.98. The Morgan fingerprint density at radius 3 is 2.22 bits per heavy atom. The standard InChI is InChI=1S/C26H35N7O3/c1-19-27-23(30-9-7-29(2)8-10-30)17-24(28-19)31-11-13-32(14-12-31)26(35)20-15-25(34)33(18-20)21-5-4-6-22(16-21)36-3/h4-6,16-17,20H,7-15,18H2,1-3H3. The van der Waals surface area contributed by atoms with E-state index in [9.17, 15) is 9.59 Å². The molecule has 2 amide bonds. The van der Waals surface area contributed by atoms with Crippen LogP contribution in [0.4, 0.5) is 17.3 Å². The van der Waals surface area contributed by atoms with Crippen LogP contribution in [0.2, 0.25) is 0 Å². The number of nitrogens with zero attached hydrogens (tertiary/aromatic N) is 7. The summed E-state index contributed by atoms with van der Waals surface area (Å²) in [6, 6.07) is 9.51. The lowest BCUT2D eigenvalue weighted by molar-refractivity contribution is -0.136. The highest BCUT2D eigenvalue weighted by Crippen LogP contribution is 2.29. The largest absolute Gasteiger partial charge is 0.497 e. The van der Waals surface area contributed by atoms with Gasteiger partial charge in [-0.15, -0.1) is 0 Å². The smallest absolute Gasteiger partial charge is 0.228 e. The van der Waals surface area contributed by atoms with E-state index in [1.54, 1.807) is 12.0 Å². The van der Waals surface area contributed by atoms with Crippen molar-refractivity contribution in [1.29, 1.82) is 0 Å². The monoisotopic (exact) mass is 493 g/mol. The van der Waals surface area contributed by atoms with E-state index in [4.69, 9.17) is 9.72 Å². The van der Waals surface area contributed by atoms with Crippen molar-refractivity contribution >= 4 is 29.1 Å². The van der Waals surface area contributed by atoms with E-state index >= 15 is 0 Å². The van der Waals surface area contributed by atoms with Crippen LogP contribution >= 0.6 is 0 Å². The SMILES string of the molecule is COc1cccc(N2CC(C(=O)N3CCN(c4cc(N5CCN(C)CC5)nc(C)n4)CC3)CC2=O)c1. The van der Waals surface area contributed by atoms with Gasteiger partial charge < -0.3 is 29.2 Å². The third-order valence-electron chi connectivity index (χ3n) is 7.39. The zero-order chi connectivity index (χ0) is 25.2. The predicted molar refractivity (Wildman–Crippen MR) is 139 cm³/mol. The van der Waals surface area contributed by atoms with Gasteiger partial charge >= 0.3 is 0 Å². The maximum absolute atomic E-state index is 13.3. The maximum atomic E-state index is 13.3. The molecule has 3 aliphatic heterocycles. The molecular formula is C26H35N7O3. The molecule has 10 heteroatoms. The third-order valence-corrected chi connectivity index (χ3v) is 7.39.